The van der Waals surface area contributed by atoms with Crippen molar-refractivity contribution in [3.05, 3.63) is 93.9 Å². The van der Waals surface area contributed by atoms with Gasteiger partial charge in [-0.2, -0.15) is 0 Å². The van der Waals surface area contributed by atoms with Crippen LogP contribution in [0.4, 0.5) is 0 Å². The fourth-order valence-corrected chi connectivity index (χ4v) is 2.81. The van der Waals surface area contributed by atoms with Gasteiger partial charge in [0.1, 0.15) is 12.2 Å². The van der Waals surface area contributed by atoms with E-state index in [1.165, 1.54) is 6.26 Å². The maximum atomic E-state index is 11.4. The second kappa shape index (κ2) is 8.60. The predicted octanol–water partition coefficient (Wildman–Crippen LogP) is 3.69. The van der Waals surface area contributed by atoms with Crippen molar-refractivity contribution < 1.29 is 19.1 Å². The molecule has 1 aliphatic heterocycles. The molecular weight excluding hydrogens is 334 g/mol. The molecular formula is C20H21NO5. The van der Waals surface area contributed by atoms with E-state index < -0.39 is 17.1 Å². The Morgan fingerprint density at radius 3 is 2.04 bits per heavy atom. The van der Waals surface area contributed by atoms with Crippen LogP contribution in [0.25, 0.3) is 0 Å². The third-order valence-electron chi connectivity index (χ3n) is 4.22. The Morgan fingerprint density at radius 2 is 1.50 bits per heavy atom. The molecule has 0 bridgehead atoms. The summed E-state index contributed by atoms with van der Waals surface area (Å²) in [7, 11) is 0. The van der Waals surface area contributed by atoms with Gasteiger partial charge in [0.15, 0.2) is 12.4 Å². The first-order valence-corrected chi connectivity index (χ1v) is 8.46. The minimum absolute atomic E-state index is 0.128. The van der Waals surface area contributed by atoms with Crippen LogP contribution < -0.4 is 0 Å². The molecule has 0 amide bonds. The van der Waals surface area contributed by atoms with Crippen LogP contribution in [-0.2, 0) is 27.4 Å². The Kier molecular flexibility index (Phi) is 5.99. The molecule has 0 aromatic heterocycles. The molecule has 0 radical (unpaired) electrons. The fourth-order valence-electron chi connectivity index (χ4n) is 2.81. The van der Waals surface area contributed by atoms with Crippen molar-refractivity contribution in [1.82, 2.24) is 0 Å². The maximum absolute atomic E-state index is 11.4. The van der Waals surface area contributed by atoms with Gasteiger partial charge in [0.05, 0.1) is 18.1 Å². The van der Waals surface area contributed by atoms with Crippen molar-refractivity contribution >= 4 is 0 Å². The summed E-state index contributed by atoms with van der Waals surface area (Å²) < 4.78 is 17.3. The van der Waals surface area contributed by atoms with Crippen molar-refractivity contribution in [3.8, 4) is 0 Å². The second-order valence-electron chi connectivity index (χ2n) is 6.12. The third-order valence-corrected chi connectivity index (χ3v) is 4.22. The number of nitrogens with zero attached hydrogens (tertiary/aromatic N) is 1. The highest BCUT2D eigenvalue weighted by Gasteiger charge is 2.42. The van der Waals surface area contributed by atoms with Gasteiger partial charge in [-0.15, -0.1) is 0 Å². The maximum Gasteiger partial charge on any atom is 0.311 e. The average molecular weight is 355 g/mol. The van der Waals surface area contributed by atoms with Crippen molar-refractivity contribution in [2.24, 2.45) is 0 Å². The van der Waals surface area contributed by atoms with Crippen molar-refractivity contribution in [3.63, 3.8) is 0 Å². The summed E-state index contributed by atoms with van der Waals surface area (Å²) in [5.41, 5.74) is 1.80. The van der Waals surface area contributed by atoms with Gasteiger partial charge in [-0.25, -0.2) is 0 Å². The Hall–Kier alpha value is -2.70. The Labute approximate surface area is 152 Å². The summed E-state index contributed by atoms with van der Waals surface area (Å²) in [6.45, 7) is 2.41. The van der Waals surface area contributed by atoms with Crippen LogP contribution in [0.3, 0.4) is 0 Å². The van der Waals surface area contributed by atoms with Crippen LogP contribution in [0.5, 0.6) is 0 Å². The third kappa shape index (κ3) is 4.47. The lowest BCUT2D eigenvalue weighted by atomic mass is 10.0. The van der Waals surface area contributed by atoms with Gasteiger partial charge in [0.2, 0.25) is 0 Å². The molecule has 0 unspecified atom stereocenters. The normalized spacial score (nSPS) is 22.3. The molecule has 0 spiro atoms. The van der Waals surface area contributed by atoms with E-state index in [1.54, 1.807) is 0 Å². The van der Waals surface area contributed by atoms with Crippen LogP contribution in [0.2, 0.25) is 0 Å². The number of benzene rings is 2. The average Bonchev–Trinajstić information content (AvgIpc) is 2.67. The second-order valence-corrected chi connectivity index (χ2v) is 6.12. The van der Waals surface area contributed by atoms with E-state index in [9.17, 15) is 10.1 Å². The summed E-state index contributed by atoms with van der Waals surface area (Å²) in [5, 5.41) is 11.4. The minimum Gasteiger partial charge on any atom is -0.489 e. The van der Waals surface area contributed by atoms with Crippen molar-refractivity contribution in [1.29, 1.82) is 0 Å². The molecule has 136 valence electrons. The smallest absolute Gasteiger partial charge is 0.311 e. The van der Waals surface area contributed by atoms with Gasteiger partial charge in [0, 0.05) is 0 Å². The van der Waals surface area contributed by atoms with E-state index in [0.29, 0.717) is 6.61 Å². The highest BCUT2D eigenvalue weighted by atomic mass is 16.6. The lowest BCUT2D eigenvalue weighted by molar-refractivity contribution is -0.446. The Morgan fingerprint density at radius 1 is 0.962 bits per heavy atom. The molecule has 6 nitrogen and oxygen atoms in total. The quantitative estimate of drug-likeness (QED) is 0.559. The lowest BCUT2D eigenvalue weighted by Gasteiger charge is -2.32. The summed E-state index contributed by atoms with van der Waals surface area (Å²) in [5.74, 6) is 0. The van der Waals surface area contributed by atoms with E-state index in [-0.39, 0.29) is 18.4 Å². The Bertz CT molecular complexity index is 747. The molecule has 3 rings (SSSR count). The number of hydrogen-bond acceptors (Lipinski definition) is 5. The van der Waals surface area contributed by atoms with Gasteiger partial charge in [-0.3, -0.25) is 10.1 Å². The first-order valence-electron chi connectivity index (χ1n) is 8.46. The standard InChI is InChI=1S/C20H21NO5/c1-15-19(25-12-16-8-4-2-5-9-16)20(18(14-24-15)21(22)23)26-13-17-10-6-3-7-11-17/h2-11,14-15,19-20H,12-13H2,1H3/t15-,19-,20-/m0/s1. The molecule has 26 heavy (non-hydrogen) atoms. The molecule has 2 aromatic rings. The van der Waals surface area contributed by atoms with E-state index >= 15 is 0 Å². The zero-order valence-electron chi connectivity index (χ0n) is 14.5. The molecule has 3 atom stereocenters. The zero-order valence-corrected chi connectivity index (χ0v) is 14.5. The summed E-state index contributed by atoms with van der Waals surface area (Å²) in [4.78, 5) is 11.0. The predicted molar refractivity (Wildman–Crippen MR) is 95.7 cm³/mol. The first-order chi connectivity index (χ1) is 12.6. The molecule has 1 heterocycles. The molecule has 0 saturated carbocycles. The lowest BCUT2D eigenvalue weighted by Crippen LogP contribution is -2.46. The van der Waals surface area contributed by atoms with Gasteiger partial charge in [0.25, 0.3) is 0 Å². The molecule has 0 saturated heterocycles. The van der Waals surface area contributed by atoms with Crippen molar-refractivity contribution in [2.45, 2.75) is 38.4 Å². The Balaban J connectivity index is 1.74. The molecule has 0 N–H and O–H groups in total. The van der Waals surface area contributed by atoms with Crippen LogP contribution in [0, 0.1) is 10.1 Å². The number of ether oxygens (including phenoxy) is 3. The highest BCUT2D eigenvalue weighted by molar-refractivity contribution is 5.15. The topological polar surface area (TPSA) is 70.8 Å². The van der Waals surface area contributed by atoms with Gasteiger partial charge < -0.3 is 14.2 Å². The minimum atomic E-state index is -0.808. The van der Waals surface area contributed by atoms with Crippen LogP contribution >= 0.6 is 0 Å². The van der Waals surface area contributed by atoms with E-state index in [4.69, 9.17) is 14.2 Å². The first kappa shape index (κ1) is 18.1. The van der Waals surface area contributed by atoms with Crippen molar-refractivity contribution in [2.75, 3.05) is 0 Å². The zero-order chi connectivity index (χ0) is 18.4. The largest absolute Gasteiger partial charge is 0.489 e. The molecule has 0 aliphatic carbocycles. The molecule has 0 fully saturated rings. The number of hydrogen-bond donors (Lipinski definition) is 0. The molecule has 1 aliphatic rings. The summed E-state index contributed by atoms with van der Waals surface area (Å²) in [6, 6.07) is 19.2. The fraction of sp³-hybridized carbons (Fsp3) is 0.300. The monoisotopic (exact) mass is 355 g/mol. The van der Waals surface area contributed by atoms with Gasteiger partial charge >= 0.3 is 5.70 Å². The highest BCUT2D eigenvalue weighted by Crippen LogP contribution is 2.26. The van der Waals surface area contributed by atoms with Gasteiger partial charge in [-0.05, 0) is 18.1 Å². The number of rotatable bonds is 7. The van der Waals surface area contributed by atoms with E-state index in [2.05, 4.69) is 0 Å². The number of nitro groups is 1. The van der Waals surface area contributed by atoms with Crippen LogP contribution in [0.1, 0.15) is 18.1 Å². The van der Waals surface area contributed by atoms with Crippen LogP contribution in [-0.4, -0.2) is 23.2 Å². The van der Waals surface area contributed by atoms with E-state index in [0.717, 1.165) is 11.1 Å². The SMILES string of the molecule is C[C@@H]1OC=C([N+](=O)[O-])[C@H](OCc2ccccc2)[C@H]1OCc1ccccc1. The van der Waals surface area contributed by atoms with Gasteiger partial charge in [-0.1, -0.05) is 60.7 Å². The van der Waals surface area contributed by atoms with E-state index in [1.807, 2.05) is 67.6 Å². The van der Waals surface area contributed by atoms with Crippen LogP contribution in [0.15, 0.2) is 72.6 Å². The summed E-state index contributed by atoms with van der Waals surface area (Å²) in [6.07, 6.45) is -0.576. The molecule has 6 heteroatoms. The molecule has 2 aromatic carbocycles. The summed E-state index contributed by atoms with van der Waals surface area (Å²) >= 11 is 0.